The molecule has 2 heteroatoms. The van der Waals surface area contributed by atoms with Gasteiger partial charge in [-0.15, -0.1) is 0 Å². The van der Waals surface area contributed by atoms with E-state index < -0.39 is 7.14 Å². The maximum Gasteiger partial charge on any atom is 0.116 e. The van der Waals surface area contributed by atoms with Crippen molar-refractivity contribution in [2.75, 3.05) is 6.66 Å². The zero-order chi connectivity index (χ0) is 11.4. The zero-order valence-electron chi connectivity index (χ0n) is 9.34. The molecule has 0 bridgehead atoms. The van der Waals surface area contributed by atoms with Gasteiger partial charge in [-0.1, -0.05) is 60.7 Å². The van der Waals surface area contributed by atoms with Crippen LogP contribution in [0.3, 0.4) is 0 Å². The summed E-state index contributed by atoms with van der Waals surface area (Å²) < 4.78 is 12.6. The molecule has 0 aliphatic rings. The minimum atomic E-state index is -2.27. The second-order valence-electron chi connectivity index (χ2n) is 4.08. The largest absolute Gasteiger partial charge is 0.319 e. The summed E-state index contributed by atoms with van der Waals surface area (Å²) in [4.78, 5) is 0. The Labute approximate surface area is 96.5 Å². The van der Waals surface area contributed by atoms with Gasteiger partial charge in [0.1, 0.15) is 7.14 Å². The minimum absolute atomic E-state index is 0.637. The number of rotatable bonds is 3. The van der Waals surface area contributed by atoms with E-state index in [4.69, 9.17) is 0 Å². The number of hydrogen-bond donors (Lipinski definition) is 0. The van der Waals surface area contributed by atoms with Gasteiger partial charge in [-0.25, -0.2) is 0 Å². The second kappa shape index (κ2) is 4.67. The van der Waals surface area contributed by atoms with Crippen LogP contribution in [0.25, 0.3) is 0 Å². The van der Waals surface area contributed by atoms with Gasteiger partial charge in [-0.3, -0.25) is 0 Å². The van der Waals surface area contributed by atoms with Crippen LogP contribution in [0, 0.1) is 0 Å². The summed E-state index contributed by atoms with van der Waals surface area (Å²) in [7, 11) is -2.27. The van der Waals surface area contributed by atoms with Gasteiger partial charge in [0.25, 0.3) is 0 Å². The topological polar surface area (TPSA) is 17.1 Å². The highest BCUT2D eigenvalue weighted by molar-refractivity contribution is 7.70. The monoisotopic (exact) mass is 230 g/mol. The Morgan fingerprint density at radius 1 is 0.875 bits per heavy atom. The molecule has 16 heavy (non-hydrogen) atoms. The third-order valence-corrected chi connectivity index (χ3v) is 4.99. The summed E-state index contributed by atoms with van der Waals surface area (Å²) in [6.07, 6.45) is 0.637. The zero-order valence-corrected chi connectivity index (χ0v) is 10.2. The van der Waals surface area contributed by atoms with E-state index in [1.54, 1.807) is 0 Å². The predicted octanol–water partition coefficient (Wildman–Crippen LogP) is 3.51. The highest BCUT2D eigenvalue weighted by atomic mass is 31.2. The molecule has 2 aromatic carbocycles. The third kappa shape index (κ3) is 2.62. The van der Waals surface area contributed by atoms with Crippen molar-refractivity contribution in [1.82, 2.24) is 0 Å². The average Bonchev–Trinajstić information content (AvgIpc) is 2.31. The van der Waals surface area contributed by atoms with Crippen LogP contribution in [-0.2, 0) is 10.7 Å². The van der Waals surface area contributed by atoms with Crippen LogP contribution in [-0.4, -0.2) is 6.66 Å². The molecule has 1 unspecified atom stereocenters. The summed E-state index contributed by atoms with van der Waals surface area (Å²) in [6, 6.07) is 19.7. The summed E-state index contributed by atoms with van der Waals surface area (Å²) >= 11 is 0. The predicted molar refractivity (Wildman–Crippen MR) is 69.8 cm³/mol. The van der Waals surface area contributed by atoms with Gasteiger partial charge >= 0.3 is 0 Å². The lowest BCUT2D eigenvalue weighted by Crippen LogP contribution is -2.04. The summed E-state index contributed by atoms with van der Waals surface area (Å²) in [5.74, 6) is 0. The van der Waals surface area contributed by atoms with E-state index in [0.717, 1.165) is 10.9 Å². The molecule has 82 valence electrons. The number of benzene rings is 2. The molecular weight excluding hydrogens is 215 g/mol. The fourth-order valence-electron chi connectivity index (χ4n) is 1.77. The molecule has 0 N–H and O–H groups in total. The Balaban J connectivity index is 2.25. The van der Waals surface area contributed by atoms with Crippen molar-refractivity contribution < 1.29 is 4.57 Å². The van der Waals surface area contributed by atoms with Crippen molar-refractivity contribution in [3.63, 3.8) is 0 Å². The van der Waals surface area contributed by atoms with E-state index in [1.807, 2.05) is 67.3 Å². The highest BCUT2D eigenvalue weighted by Crippen LogP contribution is 2.43. The van der Waals surface area contributed by atoms with E-state index in [-0.39, 0.29) is 0 Å². The molecule has 0 saturated carbocycles. The van der Waals surface area contributed by atoms with Crippen LogP contribution in [0.5, 0.6) is 0 Å². The Hall–Kier alpha value is -1.33. The van der Waals surface area contributed by atoms with E-state index in [0.29, 0.717) is 6.16 Å². The molecule has 0 fully saturated rings. The lowest BCUT2D eigenvalue weighted by Gasteiger charge is -2.13. The van der Waals surface area contributed by atoms with Crippen LogP contribution in [0.15, 0.2) is 60.7 Å². The van der Waals surface area contributed by atoms with Crippen molar-refractivity contribution in [3.05, 3.63) is 66.2 Å². The molecule has 2 rings (SSSR count). The fourth-order valence-corrected chi connectivity index (χ4v) is 3.66. The molecule has 0 spiro atoms. The molecule has 2 aromatic rings. The van der Waals surface area contributed by atoms with Crippen LogP contribution in [0.2, 0.25) is 0 Å². The van der Waals surface area contributed by atoms with E-state index in [1.165, 1.54) is 0 Å². The van der Waals surface area contributed by atoms with Crippen LogP contribution >= 0.6 is 7.14 Å². The second-order valence-corrected chi connectivity index (χ2v) is 7.11. The molecule has 0 amide bonds. The quantitative estimate of drug-likeness (QED) is 0.737. The Bertz CT molecular complexity index is 491. The maximum atomic E-state index is 12.6. The van der Waals surface area contributed by atoms with Crippen LogP contribution in [0.1, 0.15) is 5.56 Å². The lowest BCUT2D eigenvalue weighted by molar-refractivity contribution is 0.584. The summed E-state index contributed by atoms with van der Waals surface area (Å²) in [5.41, 5.74) is 1.14. The smallest absolute Gasteiger partial charge is 0.116 e. The molecule has 1 nitrogen and oxygen atoms in total. The van der Waals surface area contributed by atoms with E-state index in [2.05, 4.69) is 0 Å². The van der Waals surface area contributed by atoms with Gasteiger partial charge in [0, 0.05) is 11.5 Å². The van der Waals surface area contributed by atoms with Crippen LogP contribution < -0.4 is 5.30 Å². The van der Waals surface area contributed by atoms with Gasteiger partial charge in [0.15, 0.2) is 0 Å². The Morgan fingerprint density at radius 2 is 1.38 bits per heavy atom. The van der Waals surface area contributed by atoms with Crippen molar-refractivity contribution in [2.24, 2.45) is 0 Å². The average molecular weight is 230 g/mol. The van der Waals surface area contributed by atoms with Gasteiger partial charge in [0.05, 0.1) is 0 Å². The standard InChI is InChI=1S/C14H15OP/c1-16(15,14-10-6-3-7-11-14)12-13-8-4-2-5-9-13/h2-11H,12H2,1H3. The van der Waals surface area contributed by atoms with Crippen molar-refractivity contribution in [2.45, 2.75) is 6.16 Å². The van der Waals surface area contributed by atoms with Crippen molar-refractivity contribution >= 4 is 12.4 Å². The number of hydrogen-bond acceptors (Lipinski definition) is 1. The van der Waals surface area contributed by atoms with Crippen molar-refractivity contribution in [1.29, 1.82) is 0 Å². The summed E-state index contributed by atoms with van der Waals surface area (Å²) in [5, 5.41) is 0.957. The first kappa shape index (κ1) is 11.2. The molecule has 0 heterocycles. The van der Waals surface area contributed by atoms with Gasteiger partial charge < -0.3 is 4.57 Å². The molecule has 0 radical (unpaired) electrons. The fraction of sp³-hybridized carbons (Fsp3) is 0.143. The van der Waals surface area contributed by atoms with Gasteiger partial charge in [0.2, 0.25) is 0 Å². The molecular formula is C14H15OP. The molecule has 1 atom stereocenters. The molecule has 0 aromatic heterocycles. The lowest BCUT2D eigenvalue weighted by atomic mass is 10.2. The molecule has 0 aliphatic carbocycles. The van der Waals surface area contributed by atoms with Gasteiger partial charge in [-0.05, 0) is 12.2 Å². The Kier molecular flexibility index (Phi) is 3.26. The molecule has 0 aliphatic heterocycles. The van der Waals surface area contributed by atoms with Gasteiger partial charge in [-0.2, -0.15) is 0 Å². The van der Waals surface area contributed by atoms with Crippen molar-refractivity contribution in [3.8, 4) is 0 Å². The first-order valence-electron chi connectivity index (χ1n) is 5.34. The third-order valence-electron chi connectivity index (χ3n) is 2.63. The highest BCUT2D eigenvalue weighted by Gasteiger charge is 2.17. The maximum absolute atomic E-state index is 12.6. The molecule has 0 saturated heterocycles. The van der Waals surface area contributed by atoms with E-state index in [9.17, 15) is 4.57 Å². The minimum Gasteiger partial charge on any atom is -0.319 e. The SMILES string of the molecule is CP(=O)(Cc1ccccc1)c1ccccc1. The Morgan fingerprint density at radius 3 is 1.94 bits per heavy atom. The van der Waals surface area contributed by atoms with E-state index >= 15 is 0 Å². The summed E-state index contributed by atoms with van der Waals surface area (Å²) in [6.45, 7) is 1.86. The normalized spacial score (nSPS) is 14.3. The first-order valence-corrected chi connectivity index (χ1v) is 7.68. The first-order chi connectivity index (χ1) is 7.68. The van der Waals surface area contributed by atoms with Crippen LogP contribution in [0.4, 0.5) is 0 Å².